The third-order valence-electron chi connectivity index (χ3n) is 3.76. The summed E-state index contributed by atoms with van der Waals surface area (Å²) in [6, 6.07) is 14.0. The maximum atomic E-state index is 12.4. The number of carboxylic acid groups (broad SMARTS) is 1. The van der Waals surface area contributed by atoms with Crippen molar-refractivity contribution in [3.8, 4) is 0 Å². The van der Waals surface area contributed by atoms with E-state index in [4.69, 9.17) is 14.6 Å². The summed E-state index contributed by atoms with van der Waals surface area (Å²) in [4.78, 5) is 25.0. The number of hydrogen-bond donors (Lipinski definition) is 1. The van der Waals surface area contributed by atoms with Crippen LogP contribution in [0.5, 0.6) is 0 Å². The van der Waals surface area contributed by atoms with Crippen LogP contribution in [0.15, 0.2) is 48.5 Å². The van der Waals surface area contributed by atoms with Crippen molar-refractivity contribution in [3.63, 3.8) is 0 Å². The second-order valence-electron chi connectivity index (χ2n) is 5.39. The summed E-state index contributed by atoms with van der Waals surface area (Å²) in [6.07, 6.45) is -0.478. The number of ether oxygens (including phenoxy) is 2. The largest absolute Gasteiger partial charge is 0.478 e. The van der Waals surface area contributed by atoms with E-state index in [9.17, 15) is 9.59 Å². The number of amides is 1. The zero-order valence-corrected chi connectivity index (χ0v) is 13.0. The third kappa shape index (κ3) is 3.55. The Morgan fingerprint density at radius 3 is 2.71 bits per heavy atom. The van der Waals surface area contributed by atoms with Crippen molar-refractivity contribution in [3.05, 3.63) is 65.2 Å². The number of carbonyl (C=O) groups is 2. The molecule has 0 saturated carbocycles. The second-order valence-corrected chi connectivity index (χ2v) is 5.39. The first-order valence-electron chi connectivity index (χ1n) is 7.57. The SMILES string of the molecule is O=C(O)c1ccc2c(c1)COCCN2C(=O)OCc1ccccc1. The Kier molecular flexibility index (Phi) is 4.77. The smallest absolute Gasteiger partial charge is 0.414 e. The highest BCUT2D eigenvalue weighted by atomic mass is 16.6. The standard InChI is InChI=1S/C18H17NO5/c20-17(21)14-6-7-16-15(10-14)12-23-9-8-19(16)18(22)24-11-13-4-2-1-3-5-13/h1-7,10H,8-9,11-12H2,(H,20,21). The molecule has 1 N–H and O–H groups in total. The minimum atomic E-state index is -1.01. The van der Waals surface area contributed by atoms with Crippen molar-refractivity contribution in [2.24, 2.45) is 0 Å². The molecule has 0 fully saturated rings. The van der Waals surface area contributed by atoms with Crippen LogP contribution in [0.25, 0.3) is 0 Å². The molecule has 0 bridgehead atoms. The predicted molar refractivity (Wildman–Crippen MR) is 87.0 cm³/mol. The third-order valence-corrected chi connectivity index (χ3v) is 3.76. The number of benzene rings is 2. The van der Waals surface area contributed by atoms with E-state index in [0.717, 1.165) is 5.56 Å². The molecule has 0 aliphatic carbocycles. The highest BCUT2D eigenvalue weighted by Crippen LogP contribution is 2.26. The van der Waals surface area contributed by atoms with Gasteiger partial charge in [0.25, 0.3) is 0 Å². The first-order chi connectivity index (χ1) is 11.6. The molecule has 0 radical (unpaired) electrons. The van der Waals surface area contributed by atoms with E-state index >= 15 is 0 Å². The van der Waals surface area contributed by atoms with Crippen molar-refractivity contribution < 1.29 is 24.2 Å². The lowest BCUT2D eigenvalue weighted by atomic mass is 10.1. The minimum absolute atomic E-state index is 0.164. The van der Waals surface area contributed by atoms with Crippen molar-refractivity contribution >= 4 is 17.7 Å². The lowest BCUT2D eigenvalue weighted by Crippen LogP contribution is -2.33. The molecule has 24 heavy (non-hydrogen) atoms. The Hall–Kier alpha value is -2.86. The summed E-state index contributed by atoms with van der Waals surface area (Å²) in [5.74, 6) is -1.01. The molecule has 0 unspecified atom stereocenters. The highest BCUT2D eigenvalue weighted by Gasteiger charge is 2.23. The van der Waals surface area contributed by atoms with Crippen molar-refractivity contribution in [1.29, 1.82) is 0 Å². The van der Waals surface area contributed by atoms with Gasteiger partial charge in [-0.25, -0.2) is 9.59 Å². The van der Waals surface area contributed by atoms with Crippen LogP contribution >= 0.6 is 0 Å². The maximum Gasteiger partial charge on any atom is 0.414 e. The molecule has 2 aromatic rings. The van der Waals surface area contributed by atoms with E-state index in [-0.39, 0.29) is 18.8 Å². The van der Waals surface area contributed by atoms with Gasteiger partial charge in [0, 0.05) is 5.56 Å². The van der Waals surface area contributed by atoms with Gasteiger partial charge in [-0.05, 0) is 23.8 Å². The molecule has 124 valence electrons. The fourth-order valence-corrected chi connectivity index (χ4v) is 2.54. The molecule has 1 amide bonds. The number of rotatable bonds is 3. The maximum absolute atomic E-state index is 12.4. The fourth-order valence-electron chi connectivity index (χ4n) is 2.54. The van der Waals surface area contributed by atoms with Crippen molar-refractivity contribution in [2.75, 3.05) is 18.1 Å². The average Bonchev–Trinajstić information content (AvgIpc) is 2.82. The first-order valence-corrected chi connectivity index (χ1v) is 7.57. The van der Waals surface area contributed by atoms with Crippen LogP contribution < -0.4 is 4.90 Å². The molecule has 1 aliphatic rings. The molecule has 0 aromatic heterocycles. The van der Waals surface area contributed by atoms with Gasteiger partial charge >= 0.3 is 12.1 Å². The molecule has 3 rings (SSSR count). The zero-order chi connectivity index (χ0) is 16.9. The number of hydrogen-bond acceptors (Lipinski definition) is 4. The molecule has 1 aliphatic heterocycles. The van der Waals surface area contributed by atoms with E-state index in [2.05, 4.69) is 0 Å². The number of fused-ring (bicyclic) bond motifs is 1. The van der Waals surface area contributed by atoms with Crippen molar-refractivity contribution in [1.82, 2.24) is 0 Å². The number of nitrogens with zero attached hydrogens (tertiary/aromatic N) is 1. The monoisotopic (exact) mass is 327 g/mol. The van der Waals surface area contributed by atoms with Gasteiger partial charge < -0.3 is 14.6 Å². The van der Waals surface area contributed by atoms with Gasteiger partial charge in [-0.3, -0.25) is 4.90 Å². The van der Waals surface area contributed by atoms with Crippen molar-refractivity contribution in [2.45, 2.75) is 13.2 Å². The summed E-state index contributed by atoms with van der Waals surface area (Å²) in [6.45, 7) is 1.16. The molecule has 0 spiro atoms. The Bertz CT molecular complexity index is 744. The summed E-state index contributed by atoms with van der Waals surface area (Å²) in [5, 5.41) is 9.10. The Balaban J connectivity index is 1.78. The number of aromatic carboxylic acids is 1. The summed E-state index contributed by atoms with van der Waals surface area (Å²) in [7, 11) is 0. The molecular weight excluding hydrogens is 310 g/mol. The van der Waals surface area contributed by atoms with E-state index in [1.807, 2.05) is 30.3 Å². The van der Waals surface area contributed by atoms with Gasteiger partial charge in [0.1, 0.15) is 6.61 Å². The fraction of sp³-hybridized carbons (Fsp3) is 0.222. The molecule has 0 atom stereocenters. The van der Waals surface area contributed by atoms with Crippen LogP contribution in [0.4, 0.5) is 10.5 Å². The lowest BCUT2D eigenvalue weighted by molar-refractivity contribution is 0.0696. The van der Waals surface area contributed by atoms with Crippen LogP contribution in [0.1, 0.15) is 21.5 Å². The highest BCUT2D eigenvalue weighted by molar-refractivity contribution is 5.92. The van der Waals surface area contributed by atoms with E-state index in [1.54, 1.807) is 6.07 Å². The zero-order valence-electron chi connectivity index (χ0n) is 13.0. The summed E-state index contributed by atoms with van der Waals surface area (Å²) < 4.78 is 10.8. The quantitative estimate of drug-likeness (QED) is 0.937. The van der Waals surface area contributed by atoms with E-state index in [0.29, 0.717) is 24.4 Å². The summed E-state index contributed by atoms with van der Waals surface area (Å²) in [5.41, 5.74) is 2.34. The van der Waals surface area contributed by atoms with Crippen LogP contribution in [-0.4, -0.2) is 30.3 Å². The van der Waals surface area contributed by atoms with Gasteiger partial charge in [-0.1, -0.05) is 30.3 Å². The van der Waals surface area contributed by atoms with Crippen LogP contribution in [-0.2, 0) is 22.7 Å². The normalized spacial score (nSPS) is 13.8. The molecule has 2 aromatic carbocycles. The summed E-state index contributed by atoms with van der Waals surface area (Å²) >= 11 is 0. The Labute approximate surface area is 139 Å². The van der Waals surface area contributed by atoms with Crippen LogP contribution in [0.3, 0.4) is 0 Å². The molecule has 1 heterocycles. The molecule has 6 nitrogen and oxygen atoms in total. The predicted octanol–water partition coefficient (Wildman–Crippen LogP) is 3.06. The lowest BCUT2D eigenvalue weighted by Gasteiger charge is -2.21. The number of carboxylic acids is 1. The topological polar surface area (TPSA) is 76.1 Å². The van der Waals surface area contributed by atoms with Gasteiger partial charge in [0.2, 0.25) is 0 Å². The molecule has 0 saturated heterocycles. The van der Waals surface area contributed by atoms with E-state index < -0.39 is 12.1 Å². The number of carbonyl (C=O) groups excluding carboxylic acids is 1. The average molecular weight is 327 g/mol. The van der Waals surface area contributed by atoms with E-state index in [1.165, 1.54) is 17.0 Å². The Morgan fingerprint density at radius 2 is 1.96 bits per heavy atom. The minimum Gasteiger partial charge on any atom is -0.478 e. The van der Waals surface area contributed by atoms with Crippen LogP contribution in [0.2, 0.25) is 0 Å². The molecule has 6 heteroatoms. The van der Waals surface area contributed by atoms with Gasteiger partial charge in [-0.15, -0.1) is 0 Å². The molecular formula is C18H17NO5. The Morgan fingerprint density at radius 1 is 1.17 bits per heavy atom. The number of anilines is 1. The van der Waals surface area contributed by atoms with Gasteiger partial charge in [0.15, 0.2) is 0 Å². The van der Waals surface area contributed by atoms with Gasteiger partial charge in [0.05, 0.1) is 31.0 Å². The second kappa shape index (κ2) is 7.14. The van der Waals surface area contributed by atoms with Gasteiger partial charge in [-0.2, -0.15) is 0 Å². The van der Waals surface area contributed by atoms with Crippen LogP contribution in [0, 0.1) is 0 Å². The first kappa shape index (κ1) is 16.0.